The van der Waals surface area contributed by atoms with Gasteiger partial charge in [-0.1, -0.05) is 61.9 Å². The molecule has 1 fully saturated rings. The van der Waals surface area contributed by atoms with E-state index in [1.807, 2.05) is 6.07 Å². The van der Waals surface area contributed by atoms with E-state index in [1.165, 1.54) is 30.4 Å². The van der Waals surface area contributed by atoms with Gasteiger partial charge in [0.1, 0.15) is 5.75 Å². The zero-order chi connectivity index (χ0) is 20.0. The van der Waals surface area contributed by atoms with Crippen LogP contribution >= 0.6 is 0 Å². The molecule has 28 heavy (non-hydrogen) atoms. The highest BCUT2D eigenvalue weighted by Crippen LogP contribution is 2.48. The molecule has 0 aliphatic heterocycles. The van der Waals surface area contributed by atoms with Crippen molar-refractivity contribution in [2.24, 2.45) is 5.92 Å². The van der Waals surface area contributed by atoms with Crippen LogP contribution in [0.3, 0.4) is 0 Å². The number of ether oxygens (including phenoxy) is 1. The second kappa shape index (κ2) is 9.43. The Balaban J connectivity index is 1.83. The van der Waals surface area contributed by atoms with Gasteiger partial charge in [-0.05, 0) is 56.0 Å². The second-order valence-electron chi connectivity index (χ2n) is 8.18. The SMILES string of the molecule is C=C[C@@H]1[C@H](N(C)CCc2ccccc2)CCC[C@@]1(CC)c1cccc(OC)c1. The molecule has 0 radical (unpaired) electrons. The van der Waals surface area contributed by atoms with Crippen LogP contribution in [0.15, 0.2) is 67.3 Å². The van der Waals surface area contributed by atoms with Gasteiger partial charge >= 0.3 is 0 Å². The number of benzene rings is 2. The first-order valence-electron chi connectivity index (χ1n) is 10.7. The number of rotatable bonds is 8. The molecule has 0 heterocycles. The van der Waals surface area contributed by atoms with Crippen molar-refractivity contribution in [2.75, 3.05) is 20.7 Å². The lowest BCUT2D eigenvalue weighted by molar-refractivity contribution is 0.0861. The van der Waals surface area contributed by atoms with Crippen LogP contribution in [0.5, 0.6) is 5.75 Å². The van der Waals surface area contributed by atoms with Crippen LogP contribution in [0.25, 0.3) is 0 Å². The maximum absolute atomic E-state index is 5.53. The van der Waals surface area contributed by atoms with Gasteiger partial charge in [0.05, 0.1) is 7.11 Å². The summed E-state index contributed by atoms with van der Waals surface area (Å²) in [6, 6.07) is 20.0. The van der Waals surface area contributed by atoms with Crippen molar-refractivity contribution in [3.8, 4) is 5.75 Å². The van der Waals surface area contributed by atoms with E-state index in [9.17, 15) is 0 Å². The average molecular weight is 378 g/mol. The van der Waals surface area contributed by atoms with Crippen LogP contribution in [0, 0.1) is 5.92 Å². The van der Waals surface area contributed by atoms with Crippen LogP contribution in [0.2, 0.25) is 0 Å². The number of likely N-dealkylation sites (N-methyl/N-ethyl adjacent to an activating group) is 1. The predicted octanol–water partition coefficient (Wildman–Crippen LogP) is 5.87. The summed E-state index contributed by atoms with van der Waals surface area (Å²) in [4.78, 5) is 2.57. The standard InChI is InChI=1S/C26H35NO/c1-5-24-25(27(3)19-17-21-12-8-7-9-13-21)16-11-18-26(24,6-2)22-14-10-15-23(20-22)28-4/h5,7-10,12-15,20,24-25H,1,6,11,16-19H2,2-4H3/t24-,25-,26+/m1/s1. The lowest BCUT2D eigenvalue weighted by Gasteiger charge is -2.50. The van der Waals surface area contributed by atoms with Crippen molar-refractivity contribution in [1.82, 2.24) is 4.90 Å². The summed E-state index contributed by atoms with van der Waals surface area (Å²) in [5.41, 5.74) is 2.95. The van der Waals surface area contributed by atoms with Crippen LogP contribution in [-0.4, -0.2) is 31.6 Å². The molecular weight excluding hydrogens is 342 g/mol. The van der Waals surface area contributed by atoms with E-state index in [0.29, 0.717) is 12.0 Å². The van der Waals surface area contributed by atoms with Crippen molar-refractivity contribution < 1.29 is 4.74 Å². The minimum Gasteiger partial charge on any atom is -0.497 e. The van der Waals surface area contributed by atoms with Crippen LogP contribution in [0.4, 0.5) is 0 Å². The summed E-state index contributed by atoms with van der Waals surface area (Å²) in [5, 5.41) is 0. The molecule has 0 spiro atoms. The van der Waals surface area contributed by atoms with Gasteiger partial charge in [-0.2, -0.15) is 0 Å². The predicted molar refractivity (Wildman–Crippen MR) is 119 cm³/mol. The van der Waals surface area contributed by atoms with Crippen molar-refractivity contribution in [3.63, 3.8) is 0 Å². The number of hydrogen-bond acceptors (Lipinski definition) is 2. The molecule has 3 rings (SSSR count). The first-order valence-corrected chi connectivity index (χ1v) is 10.7. The third-order valence-electron chi connectivity index (χ3n) is 6.87. The second-order valence-corrected chi connectivity index (χ2v) is 8.18. The summed E-state index contributed by atoms with van der Waals surface area (Å²) >= 11 is 0. The fourth-order valence-electron chi connectivity index (χ4n) is 5.22. The Morgan fingerprint density at radius 1 is 1.18 bits per heavy atom. The smallest absolute Gasteiger partial charge is 0.119 e. The minimum absolute atomic E-state index is 0.139. The number of nitrogens with zero attached hydrogens (tertiary/aromatic N) is 1. The molecule has 2 nitrogen and oxygen atoms in total. The summed E-state index contributed by atoms with van der Waals surface area (Å²) in [5.74, 6) is 1.40. The molecule has 3 atom stereocenters. The fourth-order valence-corrected chi connectivity index (χ4v) is 5.22. The first-order chi connectivity index (χ1) is 13.6. The summed E-state index contributed by atoms with van der Waals surface area (Å²) in [6.45, 7) is 7.70. The normalized spacial score (nSPS) is 24.9. The van der Waals surface area contributed by atoms with Crippen molar-refractivity contribution in [2.45, 2.75) is 50.5 Å². The van der Waals surface area contributed by atoms with E-state index in [0.717, 1.165) is 25.1 Å². The van der Waals surface area contributed by atoms with E-state index in [2.05, 4.69) is 80.1 Å². The third-order valence-corrected chi connectivity index (χ3v) is 6.87. The fraction of sp³-hybridized carbons (Fsp3) is 0.462. The number of hydrogen-bond donors (Lipinski definition) is 0. The zero-order valence-electron chi connectivity index (χ0n) is 17.7. The zero-order valence-corrected chi connectivity index (χ0v) is 17.7. The monoisotopic (exact) mass is 377 g/mol. The molecule has 0 bridgehead atoms. The molecule has 2 heteroatoms. The first kappa shape index (κ1) is 20.7. The lowest BCUT2D eigenvalue weighted by atomic mass is 9.59. The van der Waals surface area contributed by atoms with Crippen LogP contribution in [-0.2, 0) is 11.8 Å². The van der Waals surface area contributed by atoms with E-state index in [4.69, 9.17) is 4.74 Å². The number of methoxy groups -OCH3 is 1. The van der Waals surface area contributed by atoms with Crippen LogP contribution in [0.1, 0.15) is 43.7 Å². The highest BCUT2D eigenvalue weighted by Gasteiger charge is 2.45. The molecule has 0 amide bonds. The third kappa shape index (κ3) is 4.17. The Kier molecular flexibility index (Phi) is 6.96. The largest absolute Gasteiger partial charge is 0.497 e. The molecule has 0 N–H and O–H groups in total. The van der Waals surface area contributed by atoms with Gasteiger partial charge in [0.25, 0.3) is 0 Å². The quantitative estimate of drug-likeness (QED) is 0.533. The molecule has 2 aromatic rings. The Hall–Kier alpha value is -2.06. The highest BCUT2D eigenvalue weighted by atomic mass is 16.5. The van der Waals surface area contributed by atoms with Crippen molar-refractivity contribution >= 4 is 0 Å². The molecule has 1 aliphatic carbocycles. The average Bonchev–Trinajstić information content (AvgIpc) is 2.77. The molecular formula is C26H35NO. The maximum Gasteiger partial charge on any atom is 0.119 e. The molecule has 1 aliphatic rings. The van der Waals surface area contributed by atoms with E-state index >= 15 is 0 Å². The molecule has 150 valence electrons. The Morgan fingerprint density at radius 3 is 2.64 bits per heavy atom. The van der Waals surface area contributed by atoms with Gasteiger partial charge in [0.15, 0.2) is 0 Å². The highest BCUT2D eigenvalue weighted by molar-refractivity contribution is 5.36. The van der Waals surface area contributed by atoms with Gasteiger partial charge in [-0.15, -0.1) is 6.58 Å². The maximum atomic E-state index is 5.53. The molecule has 0 unspecified atom stereocenters. The molecule has 1 saturated carbocycles. The minimum atomic E-state index is 0.139. The molecule has 0 saturated heterocycles. The van der Waals surface area contributed by atoms with Gasteiger partial charge in [-0.25, -0.2) is 0 Å². The molecule has 2 aromatic carbocycles. The summed E-state index contributed by atoms with van der Waals surface area (Å²) in [7, 11) is 4.05. The van der Waals surface area contributed by atoms with Crippen molar-refractivity contribution in [3.05, 3.63) is 78.4 Å². The lowest BCUT2D eigenvalue weighted by Crippen LogP contribution is -2.51. The van der Waals surface area contributed by atoms with E-state index < -0.39 is 0 Å². The van der Waals surface area contributed by atoms with E-state index in [-0.39, 0.29) is 5.41 Å². The Morgan fingerprint density at radius 2 is 1.96 bits per heavy atom. The van der Waals surface area contributed by atoms with Gasteiger partial charge in [-0.3, -0.25) is 0 Å². The van der Waals surface area contributed by atoms with Gasteiger partial charge in [0, 0.05) is 23.9 Å². The van der Waals surface area contributed by atoms with Gasteiger partial charge in [0.2, 0.25) is 0 Å². The van der Waals surface area contributed by atoms with E-state index in [1.54, 1.807) is 7.11 Å². The van der Waals surface area contributed by atoms with Gasteiger partial charge < -0.3 is 9.64 Å². The summed E-state index contributed by atoms with van der Waals surface area (Å²) in [6.07, 6.45) is 8.17. The molecule has 0 aromatic heterocycles. The summed E-state index contributed by atoms with van der Waals surface area (Å²) < 4.78 is 5.53. The Labute approximate surface area is 171 Å². The Bertz CT molecular complexity index is 756. The van der Waals surface area contributed by atoms with Crippen molar-refractivity contribution in [1.29, 1.82) is 0 Å². The topological polar surface area (TPSA) is 12.5 Å². The van der Waals surface area contributed by atoms with Crippen LogP contribution < -0.4 is 4.74 Å².